The molecule has 1 N–H and O–H groups in total. The lowest BCUT2D eigenvalue weighted by atomic mass is 10.1. The van der Waals surface area contributed by atoms with Crippen LogP contribution in [0.25, 0.3) is 5.69 Å². The second-order valence-electron chi connectivity index (χ2n) is 4.92. The molecule has 7 heteroatoms. The number of amides is 1. The van der Waals surface area contributed by atoms with Crippen LogP contribution < -0.4 is 0 Å². The summed E-state index contributed by atoms with van der Waals surface area (Å²) in [6.45, 7) is 0.629. The van der Waals surface area contributed by atoms with Crippen LogP contribution in [-0.4, -0.2) is 57.5 Å². The fourth-order valence-corrected chi connectivity index (χ4v) is 2.42. The summed E-state index contributed by atoms with van der Waals surface area (Å²) in [5.74, 6) is -1.28. The van der Waals surface area contributed by atoms with Gasteiger partial charge in [0.05, 0.1) is 24.4 Å². The molecule has 22 heavy (non-hydrogen) atoms. The third kappa shape index (κ3) is 2.71. The highest BCUT2D eigenvalue weighted by atomic mass is 16.5. The van der Waals surface area contributed by atoms with E-state index in [0.29, 0.717) is 17.8 Å². The minimum atomic E-state index is -1.06. The van der Waals surface area contributed by atoms with Crippen molar-refractivity contribution < 1.29 is 19.4 Å². The largest absolute Gasteiger partial charge is 0.479 e. The molecule has 114 valence electrons. The number of carbonyl (C=O) groups excluding carboxylic acids is 1. The molecule has 3 rings (SSSR count). The average molecular weight is 301 g/mol. The zero-order chi connectivity index (χ0) is 15.5. The third-order valence-corrected chi connectivity index (χ3v) is 3.51. The van der Waals surface area contributed by atoms with Gasteiger partial charge in [-0.05, 0) is 18.2 Å². The normalized spacial score (nSPS) is 18.2. The summed E-state index contributed by atoms with van der Waals surface area (Å²) in [5, 5.41) is 13.2. The zero-order valence-electron chi connectivity index (χ0n) is 11.8. The van der Waals surface area contributed by atoms with Crippen LogP contribution in [0.2, 0.25) is 0 Å². The summed E-state index contributed by atoms with van der Waals surface area (Å²) >= 11 is 0. The van der Waals surface area contributed by atoms with E-state index in [1.807, 2.05) is 6.07 Å². The molecule has 1 unspecified atom stereocenters. The average Bonchev–Trinajstić information content (AvgIpc) is 3.08. The number of hydrogen-bond acceptors (Lipinski definition) is 4. The first kappa shape index (κ1) is 14.3. The Morgan fingerprint density at radius 2 is 2.09 bits per heavy atom. The molecule has 1 amide bonds. The Bertz CT molecular complexity index is 684. The van der Waals surface area contributed by atoms with Gasteiger partial charge >= 0.3 is 5.97 Å². The second kappa shape index (κ2) is 5.98. The van der Waals surface area contributed by atoms with E-state index in [2.05, 4.69) is 5.10 Å². The van der Waals surface area contributed by atoms with Gasteiger partial charge in [0.2, 0.25) is 0 Å². The van der Waals surface area contributed by atoms with Gasteiger partial charge in [-0.1, -0.05) is 12.1 Å². The van der Waals surface area contributed by atoms with Crippen molar-refractivity contribution in [2.24, 2.45) is 0 Å². The van der Waals surface area contributed by atoms with Gasteiger partial charge in [0.1, 0.15) is 0 Å². The van der Waals surface area contributed by atoms with Crippen molar-refractivity contribution in [3.05, 3.63) is 48.3 Å². The molecule has 1 atom stereocenters. The van der Waals surface area contributed by atoms with Crippen LogP contribution in [-0.2, 0) is 9.53 Å². The molecule has 2 heterocycles. The van der Waals surface area contributed by atoms with Crippen molar-refractivity contribution in [3.8, 4) is 5.69 Å². The summed E-state index contributed by atoms with van der Waals surface area (Å²) < 4.78 is 6.76. The molecule has 0 radical (unpaired) electrons. The molecule has 0 bridgehead atoms. The summed E-state index contributed by atoms with van der Waals surface area (Å²) in [7, 11) is 0. The van der Waals surface area contributed by atoms with Crippen LogP contribution in [0.4, 0.5) is 0 Å². The Kier molecular flexibility index (Phi) is 3.88. The van der Waals surface area contributed by atoms with Gasteiger partial charge in [-0.3, -0.25) is 4.79 Å². The quantitative estimate of drug-likeness (QED) is 0.906. The maximum absolute atomic E-state index is 12.7. The van der Waals surface area contributed by atoms with E-state index in [9.17, 15) is 9.59 Å². The summed E-state index contributed by atoms with van der Waals surface area (Å²) in [6.07, 6.45) is 2.41. The highest BCUT2D eigenvalue weighted by molar-refractivity contribution is 5.98. The highest BCUT2D eigenvalue weighted by Crippen LogP contribution is 2.17. The molecule has 7 nitrogen and oxygen atoms in total. The first-order valence-corrected chi connectivity index (χ1v) is 6.89. The van der Waals surface area contributed by atoms with E-state index in [-0.39, 0.29) is 19.1 Å². The Morgan fingerprint density at radius 3 is 2.82 bits per heavy atom. The van der Waals surface area contributed by atoms with Crippen molar-refractivity contribution in [1.29, 1.82) is 0 Å². The number of aliphatic carboxylic acids is 1. The molecule has 0 aliphatic carbocycles. The Balaban J connectivity index is 1.88. The van der Waals surface area contributed by atoms with Crippen LogP contribution in [0.5, 0.6) is 0 Å². The van der Waals surface area contributed by atoms with E-state index < -0.39 is 12.1 Å². The lowest BCUT2D eigenvalue weighted by Gasteiger charge is -2.31. The fraction of sp³-hybridized carbons (Fsp3) is 0.267. The lowest BCUT2D eigenvalue weighted by Crippen LogP contribution is -2.48. The highest BCUT2D eigenvalue weighted by Gasteiger charge is 2.30. The van der Waals surface area contributed by atoms with E-state index in [0.717, 1.165) is 0 Å². The van der Waals surface area contributed by atoms with E-state index in [4.69, 9.17) is 9.84 Å². The van der Waals surface area contributed by atoms with Crippen LogP contribution in [0.1, 0.15) is 10.4 Å². The SMILES string of the molecule is O=C(O)C1CN(C(=O)c2ccccc2-n2cccn2)CCO1. The van der Waals surface area contributed by atoms with Crippen LogP contribution in [0.15, 0.2) is 42.7 Å². The first-order valence-electron chi connectivity index (χ1n) is 6.89. The molecule has 0 saturated carbocycles. The lowest BCUT2D eigenvalue weighted by molar-refractivity contribution is -0.154. The third-order valence-electron chi connectivity index (χ3n) is 3.51. The molecule has 2 aromatic rings. The summed E-state index contributed by atoms with van der Waals surface area (Å²) in [4.78, 5) is 25.3. The Morgan fingerprint density at radius 1 is 1.27 bits per heavy atom. The zero-order valence-corrected chi connectivity index (χ0v) is 11.8. The van der Waals surface area contributed by atoms with Gasteiger partial charge in [-0.15, -0.1) is 0 Å². The van der Waals surface area contributed by atoms with Gasteiger partial charge in [-0.2, -0.15) is 5.10 Å². The van der Waals surface area contributed by atoms with Gasteiger partial charge in [0, 0.05) is 18.9 Å². The predicted octanol–water partition coefficient (Wildman–Crippen LogP) is 0.798. The number of nitrogens with zero attached hydrogens (tertiary/aromatic N) is 3. The molecule has 1 aromatic carbocycles. The van der Waals surface area contributed by atoms with Crippen molar-refractivity contribution >= 4 is 11.9 Å². The number of carbonyl (C=O) groups is 2. The van der Waals surface area contributed by atoms with Crippen molar-refractivity contribution in [2.75, 3.05) is 19.7 Å². The smallest absolute Gasteiger partial charge is 0.334 e. The number of aromatic nitrogens is 2. The van der Waals surface area contributed by atoms with Gasteiger partial charge < -0.3 is 14.7 Å². The molecule has 1 aliphatic heterocycles. The van der Waals surface area contributed by atoms with Gasteiger partial charge in [-0.25, -0.2) is 9.48 Å². The second-order valence-corrected chi connectivity index (χ2v) is 4.92. The Hall–Kier alpha value is -2.67. The topological polar surface area (TPSA) is 84.7 Å². The maximum Gasteiger partial charge on any atom is 0.334 e. The van der Waals surface area contributed by atoms with E-state index in [1.54, 1.807) is 41.3 Å². The number of rotatable bonds is 3. The Labute approximate surface area is 126 Å². The molecular formula is C15H15N3O4. The first-order chi connectivity index (χ1) is 10.7. The molecule has 1 aliphatic rings. The number of para-hydroxylation sites is 1. The standard InChI is InChI=1S/C15H15N3O4/c19-14(17-8-9-22-13(10-17)15(20)21)11-4-1-2-5-12(11)18-7-3-6-16-18/h1-7,13H,8-10H2,(H,20,21). The summed E-state index contributed by atoms with van der Waals surface area (Å²) in [5.41, 5.74) is 1.15. The van der Waals surface area contributed by atoms with Crippen LogP contribution in [0, 0.1) is 0 Å². The molecular weight excluding hydrogens is 286 g/mol. The minimum Gasteiger partial charge on any atom is -0.479 e. The predicted molar refractivity (Wildman–Crippen MR) is 76.8 cm³/mol. The molecule has 1 saturated heterocycles. The van der Waals surface area contributed by atoms with Crippen molar-refractivity contribution in [1.82, 2.24) is 14.7 Å². The monoisotopic (exact) mass is 301 g/mol. The maximum atomic E-state index is 12.7. The molecule has 1 fully saturated rings. The summed E-state index contributed by atoms with van der Waals surface area (Å²) in [6, 6.07) is 8.89. The van der Waals surface area contributed by atoms with Gasteiger partial charge in [0.25, 0.3) is 5.91 Å². The van der Waals surface area contributed by atoms with Crippen molar-refractivity contribution in [3.63, 3.8) is 0 Å². The van der Waals surface area contributed by atoms with E-state index >= 15 is 0 Å². The number of morpholine rings is 1. The van der Waals surface area contributed by atoms with Gasteiger partial charge in [0.15, 0.2) is 6.10 Å². The van der Waals surface area contributed by atoms with E-state index in [1.165, 1.54) is 4.90 Å². The minimum absolute atomic E-state index is 0.0433. The molecule has 1 aromatic heterocycles. The number of carboxylic acids is 1. The fourth-order valence-electron chi connectivity index (χ4n) is 2.42. The van der Waals surface area contributed by atoms with Crippen molar-refractivity contribution in [2.45, 2.75) is 6.10 Å². The molecule has 0 spiro atoms. The van der Waals surface area contributed by atoms with Crippen LogP contribution >= 0.6 is 0 Å². The number of benzene rings is 1. The number of ether oxygens (including phenoxy) is 1. The number of hydrogen-bond donors (Lipinski definition) is 1. The van der Waals surface area contributed by atoms with Crippen LogP contribution in [0.3, 0.4) is 0 Å². The number of carboxylic acid groups (broad SMARTS) is 1.